The molecule has 74 valence electrons. The number of nitrogens with zero attached hydrogens (tertiary/aromatic N) is 3. The molecule has 0 saturated heterocycles. The lowest BCUT2D eigenvalue weighted by Crippen LogP contribution is -2.15. The summed E-state index contributed by atoms with van der Waals surface area (Å²) >= 11 is 4.74. The van der Waals surface area contributed by atoms with Gasteiger partial charge in [-0.2, -0.15) is 5.26 Å². The number of anilines is 1. The van der Waals surface area contributed by atoms with Crippen molar-refractivity contribution in [2.45, 2.75) is 25.3 Å². The molecule has 1 aliphatic carbocycles. The van der Waals surface area contributed by atoms with Crippen LogP contribution in [0.5, 0.6) is 0 Å². The van der Waals surface area contributed by atoms with Crippen molar-refractivity contribution >= 4 is 32.4 Å². The second-order valence-electron chi connectivity index (χ2n) is 3.34. The van der Waals surface area contributed by atoms with Crippen LogP contribution in [0.4, 0.5) is 5.13 Å². The Morgan fingerprint density at radius 2 is 2.36 bits per heavy atom. The number of hydrogen-bond donors (Lipinski definition) is 1. The lowest BCUT2D eigenvalue weighted by atomic mass is 10.1. The fourth-order valence-corrected chi connectivity index (χ4v) is 2.76. The summed E-state index contributed by atoms with van der Waals surface area (Å²) < 4.78 is 0.787. The third-order valence-electron chi connectivity index (χ3n) is 2.34. The molecule has 1 saturated carbocycles. The summed E-state index contributed by atoms with van der Waals surface area (Å²) in [6, 6.07) is 2.69. The zero-order chi connectivity index (χ0) is 9.97. The van der Waals surface area contributed by atoms with Crippen LogP contribution in [0.3, 0.4) is 0 Å². The molecular formula is C8H9BrN4S. The second kappa shape index (κ2) is 4.24. The summed E-state index contributed by atoms with van der Waals surface area (Å²) in [7, 11) is 0. The zero-order valence-electron chi connectivity index (χ0n) is 7.40. The summed E-state index contributed by atoms with van der Waals surface area (Å²) in [4.78, 5) is 0. The Kier molecular flexibility index (Phi) is 2.99. The average molecular weight is 273 g/mol. The van der Waals surface area contributed by atoms with Gasteiger partial charge in [0.15, 0.2) is 3.92 Å². The van der Waals surface area contributed by atoms with E-state index in [9.17, 15) is 0 Å². The quantitative estimate of drug-likeness (QED) is 0.898. The number of hydrogen-bond acceptors (Lipinski definition) is 5. The maximum atomic E-state index is 8.74. The molecule has 2 atom stereocenters. The number of aromatic nitrogens is 2. The molecule has 14 heavy (non-hydrogen) atoms. The molecule has 0 aromatic carbocycles. The van der Waals surface area contributed by atoms with E-state index >= 15 is 0 Å². The fraction of sp³-hybridized carbons (Fsp3) is 0.625. The topological polar surface area (TPSA) is 61.6 Å². The van der Waals surface area contributed by atoms with Crippen LogP contribution >= 0.6 is 27.3 Å². The third kappa shape index (κ3) is 2.22. The summed E-state index contributed by atoms with van der Waals surface area (Å²) in [5.74, 6) is 0.212. The van der Waals surface area contributed by atoms with Crippen molar-refractivity contribution in [3.8, 4) is 6.07 Å². The first-order valence-electron chi connectivity index (χ1n) is 4.43. The molecule has 1 N–H and O–H groups in total. The predicted octanol–water partition coefficient (Wildman–Crippen LogP) is 2.40. The summed E-state index contributed by atoms with van der Waals surface area (Å²) in [6.45, 7) is 0. The molecule has 1 fully saturated rings. The van der Waals surface area contributed by atoms with Crippen LogP contribution in [-0.2, 0) is 0 Å². The Labute approximate surface area is 94.5 Å². The van der Waals surface area contributed by atoms with Crippen molar-refractivity contribution in [2.24, 2.45) is 5.92 Å². The molecule has 6 heteroatoms. The molecular weight excluding hydrogens is 264 g/mol. The first-order valence-corrected chi connectivity index (χ1v) is 6.04. The lowest BCUT2D eigenvalue weighted by molar-refractivity contribution is 0.683. The molecule has 0 spiro atoms. The van der Waals surface area contributed by atoms with E-state index in [1.807, 2.05) is 0 Å². The molecule has 4 nitrogen and oxygen atoms in total. The van der Waals surface area contributed by atoms with Crippen molar-refractivity contribution in [2.75, 3.05) is 5.32 Å². The highest BCUT2D eigenvalue weighted by Crippen LogP contribution is 2.29. The van der Waals surface area contributed by atoms with Gasteiger partial charge in [0.25, 0.3) is 0 Å². The Bertz CT molecular complexity index is 358. The van der Waals surface area contributed by atoms with E-state index in [-0.39, 0.29) is 5.92 Å². The first kappa shape index (κ1) is 9.87. The van der Waals surface area contributed by atoms with Gasteiger partial charge in [-0.05, 0) is 35.2 Å². The minimum absolute atomic E-state index is 0.212. The highest BCUT2D eigenvalue weighted by Gasteiger charge is 2.24. The zero-order valence-corrected chi connectivity index (χ0v) is 9.81. The minimum Gasteiger partial charge on any atom is -0.357 e. The second-order valence-corrected chi connectivity index (χ2v) is 5.59. The van der Waals surface area contributed by atoms with Crippen LogP contribution in [0.1, 0.15) is 19.3 Å². The molecule has 2 rings (SSSR count). The van der Waals surface area contributed by atoms with Crippen LogP contribution in [0, 0.1) is 17.2 Å². The monoisotopic (exact) mass is 272 g/mol. The Hall–Kier alpha value is -0.670. The van der Waals surface area contributed by atoms with E-state index in [1.165, 1.54) is 11.3 Å². The normalized spacial score (nSPS) is 26.0. The number of rotatable bonds is 2. The molecule has 1 aliphatic rings. The highest BCUT2D eigenvalue weighted by molar-refractivity contribution is 9.11. The van der Waals surface area contributed by atoms with Gasteiger partial charge in [0.2, 0.25) is 5.13 Å². The van der Waals surface area contributed by atoms with Gasteiger partial charge in [-0.15, -0.1) is 10.2 Å². The maximum Gasteiger partial charge on any atom is 0.206 e. The SMILES string of the molecule is N#CC1CCC(Nc2nnc(Br)s2)C1. The average Bonchev–Trinajstić information content (AvgIpc) is 2.76. The number of nitrogens with one attached hydrogen (secondary N) is 1. The third-order valence-corrected chi connectivity index (χ3v) is 3.63. The van der Waals surface area contributed by atoms with Gasteiger partial charge in [-0.3, -0.25) is 0 Å². The summed E-state index contributed by atoms with van der Waals surface area (Å²) in [6.07, 6.45) is 2.97. The van der Waals surface area contributed by atoms with Crippen LogP contribution in [0.15, 0.2) is 3.92 Å². The van der Waals surface area contributed by atoms with Gasteiger partial charge in [0, 0.05) is 12.0 Å². The van der Waals surface area contributed by atoms with E-state index in [2.05, 4.69) is 37.5 Å². The maximum absolute atomic E-state index is 8.74. The van der Waals surface area contributed by atoms with Crippen molar-refractivity contribution in [1.29, 1.82) is 5.26 Å². The molecule has 0 radical (unpaired) electrons. The Morgan fingerprint density at radius 1 is 1.50 bits per heavy atom. The van der Waals surface area contributed by atoms with E-state index < -0.39 is 0 Å². The molecule has 0 aliphatic heterocycles. The molecule has 0 bridgehead atoms. The number of nitriles is 1. The molecule has 2 unspecified atom stereocenters. The summed E-state index contributed by atoms with van der Waals surface area (Å²) in [5.41, 5.74) is 0. The van der Waals surface area contributed by atoms with Crippen molar-refractivity contribution in [1.82, 2.24) is 10.2 Å². The van der Waals surface area contributed by atoms with Gasteiger partial charge >= 0.3 is 0 Å². The van der Waals surface area contributed by atoms with Gasteiger partial charge < -0.3 is 5.32 Å². The van der Waals surface area contributed by atoms with E-state index in [1.54, 1.807) is 0 Å². The predicted molar refractivity (Wildman–Crippen MR) is 58.0 cm³/mol. The fourth-order valence-electron chi connectivity index (χ4n) is 1.67. The van der Waals surface area contributed by atoms with E-state index in [0.29, 0.717) is 6.04 Å². The van der Waals surface area contributed by atoms with Crippen LogP contribution in [0.2, 0.25) is 0 Å². The van der Waals surface area contributed by atoms with Gasteiger partial charge in [0.1, 0.15) is 0 Å². The standard InChI is InChI=1S/C8H9BrN4S/c9-7-12-13-8(14-7)11-6-2-1-5(3-6)4-10/h5-6H,1-3H2,(H,11,13). The smallest absolute Gasteiger partial charge is 0.206 e. The minimum atomic E-state index is 0.212. The Morgan fingerprint density at radius 3 is 2.93 bits per heavy atom. The first-order chi connectivity index (χ1) is 6.78. The van der Waals surface area contributed by atoms with Crippen LogP contribution in [-0.4, -0.2) is 16.2 Å². The van der Waals surface area contributed by atoms with Crippen molar-refractivity contribution < 1.29 is 0 Å². The van der Waals surface area contributed by atoms with Gasteiger partial charge in [-0.1, -0.05) is 11.3 Å². The van der Waals surface area contributed by atoms with Crippen molar-refractivity contribution in [3.05, 3.63) is 3.92 Å². The molecule has 1 aromatic heterocycles. The van der Waals surface area contributed by atoms with Gasteiger partial charge in [0.05, 0.1) is 6.07 Å². The Balaban J connectivity index is 1.91. The molecule has 0 amide bonds. The highest BCUT2D eigenvalue weighted by atomic mass is 79.9. The number of halogens is 1. The van der Waals surface area contributed by atoms with Gasteiger partial charge in [-0.25, -0.2) is 0 Å². The lowest BCUT2D eigenvalue weighted by Gasteiger charge is -2.08. The van der Waals surface area contributed by atoms with E-state index in [4.69, 9.17) is 5.26 Å². The van der Waals surface area contributed by atoms with E-state index in [0.717, 1.165) is 28.3 Å². The summed E-state index contributed by atoms with van der Waals surface area (Å²) in [5, 5.41) is 20.7. The molecule has 1 heterocycles. The van der Waals surface area contributed by atoms with Crippen LogP contribution in [0.25, 0.3) is 0 Å². The van der Waals surface area contributed by atoms with Crippen LogP contribution < -0.4 is 5.32 Å². The molecule has 1 aromatic rings. The largest absolute Gasteiger partial charge is 0.357 e. The van der Waals surface area contributed by atoms with Crippen molar-refractivity contribution in [3.63, 3.8) is 0 Å².